The van der Waals surface area contributed by atoms with E-state index in [1.165, 1.54) is 6.07 Å². The fraction of sp³-hybridized carbons (Fsp3) is 0.231. The molecule has 0 aliphatic rings. The summed E-state index contributed by atoms with van der Waals surface area (Å²) < 4.78 is 30.5. The van der Waals surface area contributed by atoms with E-state index >= 15 is 0 Å². The number of hydrogen-bond acceptors (Lipinski definition) is 4. The number of benzene rings is 1. The molecule has 0 aliphatic heterocycles. The third-order valence-electron chi connectivity index (χ3n) is 2.49. The highest BCUT2D eigenvalue weighted by Crippen LogP contribution is 2.13. The monoisotopic (exact) mass is 281 g/mol. The Labute approximate surface area is 114 Å². The first-order valence-electron chi connectivity index (χ1n) is 5.96. The van der Waals surface area contributed by atoms with E-state index in [0.29, 0.717) is 18.1 Å². The van der Waals surface area contributed by atoms with Crippen molar-refractivity contribution >= 4 is 17.4 Å². The summed E-state index contributed by atoms with van der Waals surface area (Å²) in [6.45, 7) is 2.11. The Kier molecular flexibility index (Phi) is 4.29. The molecule has 7 heteroatoms. The van der Waals surface area contributed by atoms with E-state index < -0.39 is 11.6 Å². The lowest BCUT2D eigenvalue weighted by Gasteiger charge is -2.06. The SMILES string of the molecule is Cc1cc(NCCC(=O)Nc2ccc(F)c(F)c2)no1. The molecule has 1 amide bonds. The van der Waals surface area contributed by atoms with Gasteiger partial charge in [0.25, 0.3) is 0 Å². The molecule has 0 saturated carbocycles. The van der Waals surface area contributed by atoms with Crippen molar-refractivity contribution in [3.8, 4) is 0 Å². The maximum Gasteiger partial charge on any atom is 0.226 e. The second-order valence-corrected chi connectivity index (χ2v) is 4.18. The quantitative estimate of drug-likeness (QED) is 0.884. The highest BCUT2D eigenvalue weighted by molar-refractivity contribution is 5.90. The number of aromatic nitrogens is 1. The van der Waals surface area contributed by atoms with Crippen LogP contribution in [0.1, 0.15) is 12.2 Å². The fourth-order valence-corrected chi connectivity index (χ4v) is 1.55. The van der Waals surface area contributed by atoms with Gasteiger partial charge in [0.2, 0.25) is 5.91 Å². The molecule has 0 fully saturated rings. The zero-order valence-corrected chi connectivity index (χ0v) is 10.7. The van der Waals surface area contributed by atoms with Gasteiger partial charge < -0.3 is 15.2 Å². The van der Waals surface area contributed by atoms with Crippen LogP contribution in [-0.2, 0) is 4.79 Å². The van der Waals surface area contributed by atoms with Crippen LogP contribution in [-0.4, -0.2) is 17.6 Å². The highest BCUT2D eigenvalue weighted by atomic mass is 19.2. The number of aryl methyl sites for hydroxylation is 1. The summed E-state index contributed by atoms with van der Waals surface area (Å²) in [5.74, 6) is -1.06. The number of halogens is 2. The van der Waals surface area contributed by atoms with Crippen molar-refractivity contribution in [3.05, 3.63) is 41.7 Å². The Morgan fingerprint density at radius 1 is 1.30 bits per heavy atom. The molecule has 0 radical (unpaired) electrons. The van der Waals surface area contributed by atoms with Gasteiger partial charge in [-0.05, 0) is 19.1 Å². The Hall–Kier alpha value is -2.44. The van der Waals surface area contributed by atoms with Crippen LogP contribution in [0.25, 0.3) is 0 Å². The van der Waals surface area contributed by atoms with Crippen LogP contribution in [0.15, 0.2) is 28.8 Å². The molecule has 106 valence electrons. The summed E-state index contributed by atoms with van der Waals surface area (Å²) in [5, 5.41) is 9.08. The number of nitrogens with one attached hydrogen (secondary N) is 2. The Morgan fingerprint density at radius 3 is 2.75 bits per heavy atom. The third kappa shape index (κ3) is 3.78. The largest absolute Gasteiger partial charge is 0.367 e. The average Bonchev–Trinajstić information content (AvgIpc) is 2.80. The van der Waals surface area contributed by atoms with Crippen molar-refractivity contribution in [1.29, 1.82) is 0 Å². The van der Waals surface area contributed by atoms with E-state index in [0.717, 1.165) is 12.1 Å². The molecule has 2 N–H and O–H groups in total. The van der Waals surface area contributed by atoms with E-state index in [-0.39, 0.29) is 18.0 Å². The van der Waals surface area contributed by atoms with Crippen molar-refractivity contribution in [2.75, 3.05) is 17.2 Å². The summed E-state index contributed by atoms with van der Waals surface area (Å²) >= 11 is 0. The molecule has 2 aromatic rings. The van der Waals surface area contributed by atoms with Crippen LogP contribution in [0.4, 0.5) is 20.3 Å². The Balaban J connectivity index is 1.79. The lowest BCUT2D eigenvalue weighted by atomic mass is 10.3. The molecular weight excluding hydrogens is 268 g/mol. The van der Waals surface area contributed by atoms with Crippen molar-refractivity contribution < 1.29 is 18.1 Å². The summed E-state index contributed by atoms with van der Waals surface area (Å²) in [7, 11) is 0. The summed E-state index contributed by atoms with van der Waals surface area (Å²) in [6, 6.07) is 4.89. The van der Waals surface area contributed by atoms with Gasteiger partial charge in [-0.2, -0.15) is 0 Å². The van der Waals surface area contributed by atoms with Gasteiger partial charge in [-0.1, -0.05) is 5.16 Å². The van der Waals surface area contributed by atoms with Crippen LogP contribution < -0.4 is 10.6 Å². The standard InChI is InChI=1S/C13H13F2N3O2/c1-8-6-12(18-20-8)16-5-4-13(19)17-9-2-3-10(14)11(15)7-9/h2-3,6-7H,4-5H2,1H3,(H,16,18)(H,17,19). The zero-order valence-electron chi connectivity index (χ0n) is 10.7. The van der Waals surface area contributed by atoms with E-state index in [2.05, 4.69) is 15.8 Å². The summed E-state index contributed by atoms with van der Waals surface area (Å²) in [4.78, 5) is 11.6. The molecule has 1 aromatic heterocycles. The number of carbonyl (C=O) groups excluding carboxylic acids is 1. The molecule has 0 aliphatic carbocycles. The second kappa shape index (κ2) is 6.14. The Bertz CT molecular complexity index is 613. The molecule has 5 nitrogen and oxygen atoms in total. The van der Waals surface area contributed by atoms with Gasteiger partial charge in [0.1, 0.15) is 5.76 Å². The predicted molar refractivity (Wildman–Crippen MR) is 69.3 cm³/mol. The van der Waals surface area contributed by atoms with Crippen molar-refractivity contribution in [2.24, 2.45) is 0 Å². The van der Waals surface area contributed by atoms with E-state index in [1.807, 2.05) is 0 Å². The minimum absolute atomic E-state index is 0.158. The first-order chi connectivity index (χ1) is 9.54. The topological polar surface area (TPSA) is 67.2 Å². The molecule has 0 bridgehead atoms. The minimum Gasteiger partial charge on any atom is -0.367 e. The summed E-state index contributed by atoms with van der Waals surface area (Å²) in [5.41, 5.74) is 0.214. The van der Waals surface area contributed by atoms with Crippen LogP contribution in [0, 0.1) is 18.6 Å². The number of rotatable bonds is 5. The third-order valence-corrected chi connectivity index (χ3v) is 2.49. The van der Waals surface area contributed by atoms with Gasteiger partial charge in [-0.3, -0.25) is 4.79 Å². The first kappa shape index (κ1) is 14.0. The van der Waals surface area contributed by atoms with Crippen LogP contribution in [0.5, 0.6) is 0 Å². The molecule has 0 unspecified atom stereocenters. The predicted octanol–water partition coefficient (Wildman–Crippen LogP) is 2.70. The average molecular weight is 281 g/mol. The summed E-state index contributed by atoms with van der Waals surface area (Å²) in [6.07, 6.45) is 0.158. The number of nitrogens with zero attached hydrogens (tertiary/aromatic N) is 1. The zero-order chi connectivity index (χ0) is 14.5. The first-order valence-corrected chi connectivity index (χ1v) is 5.96. The van der Waals surface area contributed by atoms with Crippen molar-refractivity contribution in [2.45, 2.75) is 13.3 Å². The number of anilines is 2. The van der Waals surface area contributed by atoms with Gasteiger partial charge in [0.05, 0.1) is 0 Å². The van der Waals surface area contributed by atoms with Gasteiger partial charge in [-0.25, -0.2) is 8.78 Å². The van der Waals surface area contributed by atoms with Gasteiger partial charge in [0.15, 0.2) is 17.5 Å². The van der Waals surface area contributed by atoms with Gasteiger partial charge in [-0.15, -0.1) is 0 Å². The molecule has 1 heterocycles. The Morgan fingerprint density at radius 2 is 2.10 bits per heavy atom. The van der Waals surface area contributed by atoms with Crippen molar-refractivity contribution in [3.63, 3.8) is 0 Å². The normalized spacial score (nSPS) is 10.3. The van der Waals surface area contributed by atoms with Crippen molar-refractivity contribution in [1.82, 2.24) is 5.16 Å². The number of hydrogen-bond donors (Lipinski definition) is 2. The number of amides is 1. The molecule has 2 rings (SSSR count). The molecule has 20 heavy (non-hydrogen) atoms. The smallest absolute Gasteiger partial charge is 0.226 e. The maximum atomic E-state index is 12.9. The molecule has 0 saturated heterocycles. The van der Waals surface area contributed by atoms with Gasteiger partial charge >= 0.3 is 0 Å². The molecular formula is C13H13F2N3O2. The van der Waals surface area contributed by atoms with E-state index in [9.17, 15) is 13.6 Å². The van der Waals surface area contributed by atoms with Crippen LogP contribution in [0.3, 0.4) is 0 Å². The lowest BCUT2D eigenvalue weighted by molar-refractivity contribution is -0.115. The number of carbonyl (C=O) groups is 1. The van der Waals surface area contributed by atoms with Crippen LogP contribution in [0.2, 0.25) is 0 Å². The minimum atomic E-state index is -1.00. The van der Waals surface area contributed by atoms with Gasteiger partial charge in [0, 0.05) is 30.8 Å². The molecule has 1 aromatic carbocycles. The van der Waals surface area contributed by atoms with E-state index in [4.69, 9.17) is 4.52 Å². The molecule has 0 spiro atoms. The lowest BCUT2D eigenvalue weighted by Crippen LogP contribution is -2.16. The second-order valence-electron chi connectivity index (χ2n) is 4.18. The fourth-order valence-electron chi connectivity index (χ4n) is 1.55. The maximum absolute atomic E-state index is 12.9. The highest BCUT2D eigenvalue weighted by Gasteiger charge is 2.06. The molecule has 0 atom stereocenters. The van der Waals surface area contributed by atoms with E-state index in [1.54, 1.807) is 13.0 Å². The van der Waals surface area contributed by atoms with Crippen LogP contribution >= 0.6 is 0 Å².